The fourth-order valence-electron chi connectivity index (χ4n) is 3.54. The van der Waals surface area contributed by atoms with Crippen LogP contribution in [0, 0.1) is 0 Å². The van der Waals surface area contributed by atoms with Gasteiger partial charge in [0, 0.05) is 38.4 Å². The lowest BCUT2D eigenvalue weighted by Crippen LogP contribution is -2.57. The second-order valence-corrected chi connectivity index (χ2v) is 6.19. The van der Waals surface area contributed by atoms with Gasteiger partial charge in [-0.1, -0.05) is 6.92 Å². The number of carbonyl (C=O) groups excluding carboxylic acids is 1. The van der Waals surface area contributed by atoms with Gasteiger partial charge in [0.15, 0.2) is 0 Å². The molecule has 2 aliphatic heterocycles. The number of hydrogen-bond acceptors (Lipinski definition) is 4. The summed E-state index contributed by atoms with van der Waals surface area (Å²) in [4.78, 5) is 19.2. The highest BCUT2D eigenvalue weighted by Crippen LogP contribution is 2.24. The van der Waals surface area contributed by atoms with Crippen LogP contribution in [-0.2, 0) is 16.0 Å². The predicted octanol–water partition coefficient (Wildman–Crippen LogP) is 0.986. The Morgan fingerprint density at radius 2 is 2.41 bits per heavy atom. The van der Waals surface area contributed by atoms with Crippen LogP contribution in [0.5, 0.6) is 0 Å². The molecule has 3 rings (SSSR count). The molecule has 0 spiro atoms. The van der Waals surface area contributed by atoms with E-state index in [0.29, 0.717) is 12.6 Å². The van der Waals surface area contributed by atoms with Crippen molar-refractivity contribution in [1.82, 2.24) is 19.8 Å². The zero-order valence-corrected chi connectivity index (χ0v) is 13.5. The van der Waals surface area contributed by atoms with E-state index in [4.69, 9.17) is 4.74 Å². The lowest BCUT2D eigenvalue weighted by atomic mass is 10.0. The van der Waals surface area contributed by atoms with Crippen LogP contribution in [0.3, 0.4) is 0 Å². The monoisotopic (exact) mass is 306 g/mol. The van der Waals surface area contributed by atoms with Gasteiger partial charge in [0.2, 0.25) is 5.91 Å². The van der Waals surface area contributed by atoms with Crippen LogP contribution >= 0.6 is 0 Å². The predicted molar refractivity (Wildman–Crippen MR) is 83.7 cm³/mol. The van der Waals surface area contributed by atoms with E-state index in [-0.39, 0.29) is 18.1 Å². The summed E-state index contributed by atoms with van der Waals surface area (Å²) in [5.74, 6) is 1.28. The summed E-state index contributed by atoms with van der Waals surface area (Å²) in [6.07, 6.45) is 6.92. The van der Waals surface area contributed by atoms with Gasteiger partial charge in [0.1, 0.15) is 11.9 Å². The van der Waals surface area contributed by atoms with Crippen molar-refractivity contribution in [2.75, 3.05) is 26.2 Å². The van der Waals surface area contributed by atoms with Crippen LogP contribution in [-0.4, -0.2) is 58.7 Å². The van der Waals surface area contributed by atoms with Gasteiger partial charge in [0.05, 0.1) is 18.8 Å². The van der Waals surface area contributed by atoms with E-state index in [9.17, 15) is 4.79 Å². The molecule has 22 heavy (non-hydrogen) atoms. The van der Waals surface area contributed by atoms with E-state index in [1.807, 2.05) is 24.2 Å². The lowest BCUT2D eigenvalue weighted by molar-refractivity contribution is -0.141. The Hall–Kier alpha value is -1.40. The van der Waals surface area contributed by atoms with Crippen LogP contribution in [0.2, 0.25) is 0 Å². The number of aryl methyl sites for hydroxylation is 1. The summed E-state index contributed by atoms with van der Waals surface area (Å²) in [5, 5.41) is 3.30. The summed E-state index contributed by atoms with van der Waals surface area (Å²) in [7, 11) is 0. The van der Waals surface area contributed by atoms with Crippen LogP contribution in [0.15, 0.2) is 12.4 Å². The zero-order valence-electron chi connectivity index (χ0n) is 13.5. The van der Waals surface area contributed by atoms with Gasteiger partial charge in [-0.25, -0.2) is 4.98 Å². The molecule has 122 valence electrons. The van der Waals surface area contributed by atoms with Gasteiger partial charge in [-0.3, -0.25) is 4.79 Å². The van der Waals surface area contributed by atoms with Crippen molar-refractivity contribution >= 4 is 5.91 Å². The largest absolute Gasteiger partial charge is 0.375 e. The maximum atomic E-state index is 12.8. The number of imidazole rings is 1. The Bertz CT molecular complexity index is 516. The van der Waals surface area contributed by atoms with Crippen LogP contribution in [0.1, 0.15) is 38.6 Å². The van der Waals surface area contributed by atoms with Crippen molar-refractivity contribution in [3.8, 4) is 0 Å². The molecule has 2 aliphatic rings. The highest BCUT2D eigenvalue weighted by molar-refractivity contribution is 5.82. The van der Waals surface area contributed by atoms with Crippen molar-refractivity contribution in [3.05, 3.63) is 18.2 Å². The van der Waals surface area contributed by atoms with Gasteiger partial charge in [-0.05, 0) is 19.8 Å². The fourth-order valence-corrected chi connectivity index (χ4v) is 3.54. The Morgan fingerprint density at radius 1 is 1.55 bits per heavy atom. The Balaban J connectivity index is 1.68. The minimum absolute atomic E-state index is 0.0546. The molecule has 1 N–H and O–H groups in total. The highest BCUT2D eigenvalue weighted by atomic mass is 16.5. The van der Waals surface area contributed by atoms with Gasteiger partial charge in [0.25, 0.3) is 0 Å². The van der Waals surface area contributed by atoms with E-state index in [0.717, 1.165) is 44.7 Å². The minimum atomic E-state index is -0.207. The van der Waals surface area contributed by atoms with Crippen molar-refractivity contribution in [2.24, 2.45) is 0 Å². The number of morpholine rings is 1. The van der Waals surface area contributed by atoms with E-state index in [1.165, 1.54) is 0 Å². The molecule has 1 unspecified atom stereocenters. The Kier molecular flexibility index (Phi) is 4.78. The van der Waals surface area contributed by atoms with Gasteiger partial charge >= 0.3 is 0 Å². The van der Waals surface area contributed by atoms with E-state index in [1.54, 1.807) is 0 Å². The molecule has 1 aromatic heterocycles. The smallest absolute Gasteiger partial charge is 0.242 e. The number of likely N-dealkylation sites (tertiary alicyclic amines) is 1. The molecule has 2 saturated heterocycles. The summed E-state index contributed by atoms with van der Waals surface area (Å²) in [5.41, 5.74) is 0. The molecule has 0 aliphatic carbocycles. The van der Waals surface area contributed by atoms with Crippen LogP contribution in [0.4, 0.5) is 0 Å². The van der Waals surface area contributed by atoms with Gasteiger partial charge in [-0.15, -0.1) is 0 Å². The molecular formula is C16H26N4O2. The number of nitrogens with one attached hydrogen (secondary N) is 1. The molecule has 3 heterocycles. The summed E-state index contributed by atoms with van der Waals surface area (Å²) >= 11 is 0. The first kappa shape index (κ1) is 15.5. The molecule has 0 saturated carbocycles. The van der Waals surface area contributed by atoms with Gasteiger partial charge in [-0.2, -0.15) is 0 Å². The van der Waals surface area contributed by atoms with Crippen molar-refractivity contribution in [1.29, 1.82) is 0 Å². The number of hydrogen-bond donors (Lipinski definition) is 1. The molecular weight excluding hydrogens is 280 g/mol. The number of amides is 1. The minimum Gasteiger partial charge on any atom is -0.375 e. The third-order valence-corrected chi connectivity index (χ3v) is 4.75. The first-order valence-corrected chi connectivity index (χ1v) is 8.36. The molecule has 0 bridgehead atoms. The Labute approximate surface area is 131 Å². The SMILES string of the molecule is CCc1nccn1C1CCCN(C(=O)[C@H]2NCCO[C@@H]2C)C1. The zero-order chi connectivity index (χ0) is 15.5. The molecule has 1 aromatic rings. The summed E-state index contributed by atoms with van der Waals surface area (Å²) < 4.78 is 7.86. The first-order valence-electron chi connectivity index (χ1n) is 8.36. The molecule has 6 heteroatoms. The average Bonchev–Trinajstić information content (AvgIpc) is 3.03. The van der Waals surface area contributed by atoms with E-state index < -0.39 is 0 Å². The molecule has 0 aromatic carbocycles. The van der Waals surface area contributed by atoms with Crippen molar-refractivity contribution < 1.29 is 9.53 Å². The third-order valence-electron chi connectivity index (χ3n) is 4.75. The van der Waals surface area contributed by atoms with E-state index in [2.05, 4.69) is 21.8 Å². The number of nitrogens with zero attached hydrogens (tertiary/aromatic N) is 3. The van der Waals surface area contributed by atoms with Crippen molar-refractivity contribution in [3.63, 3.8) is 0 Å². The number of ether oxygens (including phenoxy) is 1. The average molecular weight is 306 g/mol. The topological polar surface area (TPSA) is 59.4 Å². The van der Waals surface area contributed by atoms with Crippen LogP contribution < -0.4 is 5.32 Å². The molecule has 2 fully saturated rings. The van der Waals surface area contributed by atoms with Crippen LogP contribution in [0.25, 0.3) is 0 Å². The van der Waals surface area contributed by atoms with Crippen molar-refractivity contribution in [2.45, 2.75) is 51.3 Å². The lowest BCUT2D eigenvalue weighted by Gasteiger charge is -2.38. The second-order valence-electron chi connectivity index (χ2n) is 6.19. The summed E-state index contributed by atoms with van der Waals surface area (Å²) in [6.45, 7) is 7.14. The molecule has 6 nitrogen and oxygen atoms in total. The number of piperidine rings is 1. The second kappa shape index (κ2) is 6.79. The number of aromatic nitrogens is 2. The Morgan fingerprint density at radius 3 is 3.18 bits per heavy atom. The normalized spacial score (nSPS) is 29.5. The summed E-state index contributed by atoms with van der Waals surface area (Å²) in [6, 6.07) is 0.135. The number of carbonyl (C=O) groups is 1. The number of rotatable bonds is 3. The fraction of sp³-hybridized carbons (Fsp3) is 0.750. The molecule has 1 amide bonds. The maximum Gasteiger partial charge on any atom is 0.242 e. The maximum absolute atomic E-state index is 12.8. The first-order chi connectivity index (χ1) is 10.7. The van der Waals surface area contributed by atoms with Gasteiger partial charge < -0.3 is 19.5 Å². The third kappa shape index (κ3) is 3.03. The standard InChI is InChI=1S/C16H26N4O2/c1-3-14-17-6-9-20(14)13-5-4-8-19(11-13)16(21)15-12(2)22-10-7-18-15/h6,9,12-13,15,18H,3-5,7-8,10-11H2,1-2H3/t12-,13?,15+/m1/s1. The highest BCUT2D eigenvalue weighted by Gasteiger charge is 2.34. The molecule has 3 atom stereocenters. The molecule has 0 radical (unpaired) electrons. The quantitative estimate of drug-likeness (QED) is 0.904. The van der Waals surface area contributed by atoms with E-state index >= 15 is 0 Å².